The number of aromatic nitrogens is 1. The molecule has 0 atom stereocenters. The third-order valence-corrected chi connectivity index (χ3v) is 3.92. The summed E-state index contributed by atoms with van der Waals surface area (Å²) in [5.74, 6) is 1.59. The fourth-order valence-electron chi connectivity index (χ4n) is 2.65. The summed E-state index contributed by atoms with van der Waals surface area (Å²) >= 11 is 0. The van der Waals surface area contributed by atoms with Gasteiger partial charge in [0.1, 0.15) is 6.26 Å². The summed E-state index contributed by atoms with van der Waals surface area (Å²) in [6, 6.07) is 0. The van der Waals surface area contributed by atoms with Crippen LogP contribution in [0.25, 0.3) is 0 Å². The predicted octanol–water partition coefficient (Wildman–Crippen LogP) is 2.32. The van der Waals surface area contributed by atoms with Crippen molar-refractivity contribution in [2.75, 3.05) is 6.54 Å². The third-order valence-electron chi connectivity index (χ3n) is 3.92. The highest BCUT2D eigenvalue weighted by molar-refractivity contribution is 5.16. The van der Waals surface area contributed by atoms with Gasteiger partial charge >= 0.3 is 0 Å². The quantitative estimate of drug-likeness (QED) is 0.825. The molecule has 3 rings (SSSR count). The highest BCUT2D eigenvalue weighted by atomic mass is 16.3. The molecule has 3 nitrogen and oxygen atoms in total. The Morgan fingerprint density at radius 2 is 2.13 bits per heavy atom. The van der Waals surface area contributed by atoms with Gasteiger partial charge in [-0.05, 0) is 25.7 Å². The molecule has 0 aromatic carbocycles. The molecular formula is C12H18N2O. The van der Waals surface area contributed by atoms with Gasteiger partial charge in [-0.25, -0.2) is 4.98 Å². The highest BCUT2D eigenvalue weighted by Gasteiger charge is 2.39. The normalized spacial score (nSPS) is 24.6. The maximum atomic E-state index is 5.90. The number of hydrogen-bond acceptors (Lipinski definition) is 3. The standard InChI is InChI=1S/C12H18N2O/c13-8-12(5-1-2-6-12)11-14-10(7-15-11)9-3-4-9/h7,9H,1-6,8,13H2. The Kier molecular flexibility index (Phi) is 2.09. The molecule has 1 aromatic heterocycles. The first-order chi connectivity index (χ1) is 7.34. The molecule has 1 heterocycles. The van der Waals surface area contributed by atoms with E-state index in [0.29, 0.717) is 12.5 Å². The number of nitrogens with two attached hydrogens (primary N) is 1. The van der Waals surface area contributed by atoms with Gasteiger partial charge in [0.25, 0.3) is 0 Å². The van der Waals surface area contributed by atoms with Gasteiger partial charge < -0.3 is 10.2 Å². The summed E-state index contributed by atoms with van der Waals surface area (Å²) in [6.45, 7) is 0.678. The second kappa shape index (κ2) is 3.34. The molecule has 2 N–H and O–H groups in total. The molecule has 2 fully saturated rings. The maximum absolute atomic E-state index is 5.90. The molecular weight excluding hydrogens is 188 g/mol. The molecule has 1 aromatic rings. The summed E-state index contributed by atoms with van der Waals surface area (Å²) in [7, 11) is 0. The second-order valence-corrected chi connectivity index (χ2v) is 5.04. The zero-order valence-electron chi connectivity index (χ0n) is 9.04. The van der Waals surface area contributed by atoms with Gasteiger partial charge in [-0.15, -0.1) is 0 Å². The molecule has 2 saturated carbocycles. The van der Waals surface area contributed by atoms with Crippen molar-refractivity contribution in [2.24, 2.45) is 5.73 Å². The minimum absolute atomic E-state index is 0.0626. The Labute approximate surface area is 90.1 Å². The maximum Gasteiger partial charge on any atom is 0.201 e. The minimum atomic E-state index is 0.0626. The molecule has 15 heavy (non-hydrogen) atoms. The van der Waals surface area contributed by atoms with Crippen LogP contribution in [0.4, 0.5) is 0 Å². The lowest BCUT2D eigenvalue weighted by atomic mass is 9.86. The lowest BCUT2D eigenvalue weighted by Crippen LogP contribution is -2.32. The SMILES string of the molecule is NCC1(c2nc(C3CC3)co2)CCCC1. The van der Waals surface area contributed by atoms with Crippen LogP contribution in [0.2, 0.25) is 0 Å². The van der Waals surface area contributed by atoms with Crippen molar-refractivity contribution in [3.05, 3.63) is 17.8 Å². The molecule has 0 saturated heterocycles. The first-order valence-corrected chi connectivity index (χ1v) is 6.00. The third kappa shape index (κ3) is 1.49. The number of nitrogens with zero attached hydrogens (tertiary/aromatic N) is 1. The Morgan fingerprint density at radius 3 is 2.73 bits per heavy atom. The molecule has 0 radical (unpaired) electrons. The van der Waals surface area contributed by atoms with Crippen LogP contribution >= 0.6 is 0 Å². The molecule has 2 aliphatic rings. The molecule has 82 valence electrons. The lowest BCUT2D eigenvalue weighted by molar-refractivity contribution is 0.332. The Balaban J connectivity index is 1.88. The van der Waals surface area contributed by atoms with E-state index < -0.39 is 0 Å². The van der Waals surface area contributed by atoms with Gasteiger partial charge in [-0.3, -0.25) is 0 Å². The van der Waals surface area contributed by atoms with Crippen molar-refractivity contribution in [3.63, 3.8) is 0 Å². The summed E-state index contributed by atoms with van der Waals surface area (Å²) in [4.78, 5) is 4.65. The molecule has 0 spiro atoms. The van der Waals surface area contributed by atoms with Crippen molar-refractivity contribution in [2.45, 2.75) is 49.9 Å². The molecule has 0 bridgehead atoms. The zero-order valence-corrected chi connectivity index (χ0v) is 9.04. The average molecular weight is 206 g/mol. The van der Waals surface area contributed by atoms with Crippen LogP contribution in [0.15, 0.2) is 10.7 Å². The fourth-order valence-corrected chi connectivity index (χ4v) is 2.65. The number of oxazole rings is 1. The van der Waals surface area contributed by atoms with E-state index in [4.69, 9.17) is 10.2 Å². The summed E-state index contributed by atoms with van der Waals surface area (Å²) in [6.07, 6.45) is 9.23. The fraction of sp³-hybridized carbons (Fsp3) is 0.750. The first-order valence-electron chi connectivity index (χ1n) is 6.00. The van der Waals surface area contributed by atoms with Crippen LogP contribution in [-0.2, 0) is 5.41 Å². The van der Waals surface area contributed by atoms with E-state index in [1.165, 1.54) is 25.7 Å². The van der Waals surface area contributed by atoms with Crippen molar-refractivity contribution >= 4 is 0 Å². The van der Waals surface area contributed by atoms with Gasteiger partial charge in [0.2, 0.25) is 5.89 Å². The molecule has 0 aliphatic heterocycles. The van der Waals surface area contributed by atoms with Gasteiger partial charge in [0.05, 0.1) is 11.1 Å². The lowest BCUT2D eigenvalue weighted by Gasteiger charge is -2.22. The predicted molar refractivity (Wildman–Crippen MR) is 57.7 cm³/mol. The number of rotatable bonds is 3. The van der Waals surface area contributed by atoms with E-state index in [0.717, 1.165) is 24.4 Å². The second-order valence-electron chi connectivity index (χ2n) is 5.04. The van der Waals surface area contributed by atoms with Gasteiger partial charge in [0.15, 0.2) is 0 Å². The topological polar surface area (TPSA) is 52.0 Å². The van der Waals surface area contributed by atoms with Gasteiger partial charge in [0, 0.05) is 12.5 Å². The van der Waals surface area contributed by atoms with Crippen LogP contribution < -0.4 is 5.73 Å². The largest absolute Gasteiger partial charge is 0.448 e. The highest BCUT2D eigenvalue weighted by Crippen LogP contribution is 2.43. The van der Waals surface area contributed by atoms with Crippen LogP contribution in [0.1, 0.15) is 56.0 Å². The van der Waals surface area contributed by atoms with E-state index in [-0.39, 0.29) is 5.41 Å². The zero-order chi connectivity index (χ0) is 10.3. The smallest absolute Gasteiger partial charge is 0.201 e. The van der Waals surface area contributed by atoms with Crippen molar-refractivity contribution in [3.8, 4) is 0 Å². The van der Waals surface area contributed by atoms with Crippen molar-refractivity contribution in [1.82, 2.24) is 4.98 Å². The molecule has 2 aliphatic carbocycles. The first kappa shape index (κ1) is 9.40. The van der Waals surface area contributed by atoms with E-state index in [9.17, 15) is 0 Å². The monoisotopic (exact) mass is 206 g/mol. The Bertz CT molecular complexity index is 348. The van der Waals surface area contributed by atoms with Crippen LogP contribution in [0.3, 0.4) is 0 Å². The Hall–Kier alpha value is -0.830. The van der Waals surface area contributed by atoms with Crippen LogP contribution in [0.5, 0.6) is 0 Å². The van der Waals surface area contributed by atoms with E-state index in [1.807, 2.05) is 6.26 Å². The number of hydrogen-bond donors (Lipinski definition) is 1. The van der Waals surface area contributed by atoms with E-state index in [2.05, 4.69) is 4.98 Å². The molecule has 0 amide bonds. The summed E-state index contributed by atoms with van der Waals surface area (Å²) < 4.78 is 5.65. The average Bonchev–Trinajstić information content (AvgIpc) is 2.84. The van der Waals surface area contributed by atoms with Crippen molar-refractivity contribution < 1.29 is 4.42 Å². The van der Waals surface area contributed by atoms with Crippen LogP contribution in [0, 0.1) is 0 Å². The van der Waals surface area contributed by atoms with E-state index in [1.54, 1.807) is 0 Å². The van der Waals surface area contributed by atoms with Gasteiger partial charge in [-0.2, -0.15) is 0 Å². The van der Waals surface area contributed by atoms with Crippen molar-refractivity contribution in [1.29, 1.82) is 0 Å². The minimum Gasteiger partial charge on any atom is -0.448 e. The summed E-state index contributed by atoms with van der Waals surface area (Å²) in [5, 5.41) is 0. The molecule has 3 heteroatoms. The van der Waals surface area contributed by atoms with Gasteiger partial charge in [-0.1, -0.05) is 12.8 Å². The Morgan fingerprint density at radius 1 is 1.40 bits per heavy atom. The molecule has 0 unspecified atom stereocenters. The van der Waals surface area contributed by atoms with E-state index >= 15 is 0 Å². The summed E-state index contributed by atoms with van der Waals surface area (Å²) in [5.41, 5.74) is 7.12. The van der Waals surface area contributed by atoms with Crippen LogP contribution in [-0.4, -0.2) is 11.5 Å².